The summed E-state index contributed by atoms with van der Waals surface area (Å²) in [5.41, 5.74) is 0.930. The van der Waals surface area contributed by atoms with Gasteiger partial charge in [-0.05, 0) is 45.9 Å². The number of amides is 1. The van der Waals surface area contributed by atoms with Crippen LogP contribution in [0.1, 0.15) is 33.3 Å². The Morgan fingerprint density at radius 3 is 2.33 bits per heavy atom. The smallest absolute Gasteiger partial charge is 0.408 e. The van der Waals surface area contributed by atoms with E-state index < -0.39 is 17.7 Å². The molecule has 0 radical (unpaired) electrons. The lowest BCUT2D eigenvalue weighted by atomic mass is 10.1. The Kier molecular flexibility index (Phi) is 7.17. The number of rotatable bonds is 7. The Hall–Kier alpha value is -2.14. The highest BCUT2D eigenvalue weighted by atomic mass is 16.6. The van der Waals surface area contributed by atoms with Crippen LogP contribution in [0.25, 0.3) is 0 Å². The van der Waals surface area contributed by atoms with Crippen molar-refractivity contribution < 1.29 is 14.3 Å². The number of hydrogen-bond acceptors (Lipinski definition) is 4. The van der Waals surface area contributed by atoms with Crippen molar-refractivity contribution in [2.75, 3.05) is 13.6 Å². The standard InChI is InChI=1S/C19H28N2O3/c1-14(2)17(22)16(20-18(23)24-19(3,4)5)13-21(6)12-15-10-8-7-9-11-15/h7-11,16H,1,12-13H2,2-6H3,(H,20,23). The third-order valence-electron chi connectivity index (χ3n) is 3.22. The summed E-state index contributed by atoms with van der Waals surface area (Å²) in [4.78, 5) is 26.3. The Balaban J connectivity index is 2.73. The normalized spacial score (nSPS) is 12.6. The van der Waals surface area contributed by atoms with Crippen LogP contribution in [0.2, 0.25) is 0 Å². The van der Waals surface area contributed by atoms with Crippen LogP contribution in [0.5, 0.6) is 0 Å². The van der Waals surface area contributed by atoms with Gasteiger partial charge in [-0.3, -0.25) is 9.69 Å². The number of carbonyl (C=O) groups is 2. The number of ketones is 1. The van der Waals surface area contributed by atoms with Crippen LogP contribution in [0.3, 0.4) is 0 Å². The van der Waals surface area contributed by atoms with Crippen LogP contribution < -0.4 is 5.32 Å². The number of hydrogen-bond donors (Lipinski definition) is 1. The van der Waals surface area contributed by atoms with Crippen molar-refractivity contribution in [3.8, 4) is 0 Å². The van der Waals surface area contributed by atoms with Crippen LogP contribution in [-0.4, -0.2) is 42.0 Å². The highest BCUT2D eigenvalue weighted by Gasteiger charge is 2.25. The molecule has 132 valence electrons. The van der Waals surface area contributed by atoms with E-state index in [1.165, 1.54) is 0 Å². The van der Waals surface area contributed by atoms with Crippen LogP contribution in [0.4, 0.5) is 4.79 Å². The third-order valence-corrected chi connectivity index (χ3v) is 3.22. The van der Waals surface area contributed by atoms with Gasteiger partial charge in [0.2, 0.25) is 0 Å². The van der Waals surface area contributed by atoms with Crippen LogP contribution in [0, 0.1) is 0 Å². The molecule has 1 amide bonds. The fourth-order valence-corrected chi connectivity index (χ4v) is 2.21. The second-order valence-corrected chi connectivity index (χ2v) is 7.03. The molecule has 1 aromatic carbocycles. The summed E-state index contributed by atoms with van der Waals surface area (Å²) in [6.07, 6.45) is -0.602. The van der Waals surface area contributed by atoms with Gasteiger partial charge >= 0.3 is 6.09 Å². The molecule has 5 nitrogen and oxygen atoms in total. The molecule has 0 saturated carbocycles. The zero-order valence-corrected chi connectivity index (χ0v) is 15.3. The molecule has 1 atom stereocenters. The minimum atomic E-state index is -0.689. The van der Waals surface area contributed by atoms with Gasteiger partial charge in [-0.1, -0.05) is 36.9 Å². The minimum absolute atomic E-state index is 0.194. The summed E-state index contributed by atoms with van der Waals surface area (Å²) in [5, 5.41) is 2.66. The van der Waals surface area contributed by atoms with Gasteiger partial charge in [0.1, 0.15) is 11.6 Å². The largest absolute Gasteiger partial charge is 0.444 e. The van der Waals surface area contributed by atoms with Crippen molar-refractivity contribution in [1.29, 1.82) is 0 Å². The van der Waals surface area contributed by atoms with Gasteiger partial charge in [0, 0.05) is 13.1 Å². The molecule has 1 rings (SSSR count). The maximum Gasteiger partial charge on any atom is 0.408 e. The van der Waals surface area contributed by atoms with Gasteiger partial charge in [-0.15, -0.1) is 0 Å². The quantitative estimate of drug-likeness (QED) is 0.779. The predicted molar refractivity (Wildman–Crippen MR) is 95.8 cm³/mol. The first-order chi connectivity index (χ1) is 11.1. The monoisotopic (exact) mass is 332 g/mol. The average Bonchev–Trinajstić information content (AvgIpc) is 2.44. The Labute approximate surface area is 144 Å². The zero-order chi connectivity index (χ0) is 18.3. The van der Waals surface area contributed by atoms with E-state index in [0.29, 0.717) is 18.7 Å². The lowest BCUT2D eigenvalue weighted by molar-refractivity contribution is -0.117. The first-order valence-corrected chi connectivity index (χ1v) is 8.00. The number of ether oxygens (including phenoxy) is 1. The maximum atomic E-state index is 12.3. The van der Waals surface area contributed by atoms with E-state index in [1.807, 2.05) is 42.3 Å². The zero-order valence-electron chi connectivity index (χ0n) is 15.3. The highest BCUT2D eigenvalue weighted by molar-refractivity contribution is 6.00. The molecule has 1 N–H and O–H groups in total. The fraction of sp³-hybridized carbons (Fsp3) is 0.474. The molecule has 0 aliphatic heterocycles. The topological polar surface area (TPSA) is 58.6 Å². The van der Waals surface area contributed by atoms with Gasteiger partial charge < -0.3 is 10.1 Å². The van der Waals surface area contributed by atoms with Crippen molar-refractivity contribution in [3.05, 3.63) is 48.0 Å². The summed E-state index contributed by atoms with van der Waals surface area (Å²) >= 11 is 0. The SMILES string of the molecule is C=C(C)C(=O)C(CN(C)Cc1ccccc1)NC(=O)OC(C)(C)C. The fourth-order valence-electron chi connectivity index (χ4n) is 2.21. The first kappa shape index (κ1) is 19.9. The summed E-state index contributed by atoms with van der Waals surface area (Å²) < 4.78 is 5.25. The number of Topliss-reactive ketones (excluding diaryl/α,β-unsaturated/α-hetero) is 1. The molecule has 0 aliphatic carbocycles. The van der Waals surface area contributed by atoms with Crippen molar-refractivity contribution in [2.45, 2.75) is 45.9 Å². The second-order valence-electron chi connectivity index (χ2n) is 7.03. The molecule has 0 aliphatic rings. The molecule has 1 unspecified atom stereocenters. The molecule has 0 bridgehead atoms. The van der Waals surface area contributed by atoms with E-state index in [1.54, 1.807) is 27.7 Å². The maximum absolute atomic E-state index is 12.3. The molecular weight excluding hydrogens is 304 g/mol. The van der Waals surface area contributed by atoms with E-state index >= 15 is 0 Å². The molecule has 0 fully saturated rings. The number of likely N-dealkylation sites (N-methyl/N-ethyl adjacent to an activating group) is 1. The molecule has 0 aromatic heterocycles. The van der Waals surface area contributed by atoms with Crippen molar-refractivity contribution in [1.82, 2.24) is 10.2 Å². The number of benzene rings is 1. The first-order valence-electron chi connectivity index (χ1n) is 8.00. The summed E-state index contributed by atoms with van der Waals surface area (Å²) in [7, 11) is 1.91. The third kappa shape index (κ3) is 7.42. The summed E-state index contributed by atoms with van der Waals surface area (Å²) in [5.74, 6) is -0.194. The van der Waals surface area contributed by atoms with E-state index in [-0.39, 0.29) is 5.78 Å². The summed E-state index contributed by atoms with van der Waals surface area (Å²) in [6.45, 7) is 11.7. The van der Waals surface area contributed by atoms with E-state index in [0.717, 1.165) is 5.56 Å². The van der Waals surface area contributed by atoms with Crippen molar-refractivity contribution >= 4 is 11.9 Å². The highest BCUT2D eigenvalue weighted by Crippen LogP contribution is 2.09. The number of nitrogens with one attached hydrogen (secondary N) is 1. The molecule has 0 saturated heterocycles. The van der Waals surface area contributed by atoms with Crippen LogP contribution >= 0.6 is 0 Å². The van der Waals surface area contributed by atoms with Crippen LogP contribution in [0.15, 0.2) is 42.5 Å². The Morgan fingerprint density at radius 1 is 1.25 bits per heavy atom. The van der Waals surface area contributed by atoms with E-state index in [2.05, 4.69) is 11.9 Å². The Morgan fingerprint density at radius 2 is 1.83 bits per heavy atom. The van der Waals surface area contributed by atoms with Gasteiger partial charge in [0.25, 0.3) is 0 Å². The average molecular weight is 332 g/mol. The van der Waals surface area contributed by atoms with Gasteiger partial charge in [0.15, 0.2) is 5.78 Å². The lowest BCUT2D eigenvalue weighted by Crippen LogP contribution is -2.49. The molecule has 1 aromatic rings. The number of nitrogens with zero attached hydrogens (tertiary/aromatic N) is 1. The van der Waals surface area contributed by atoms with Crippen molar-refractivity contribution in [3.63, 3.8) is 0 Å². The molecule has 0 heterocycles. The number of alkyl carbamates (subject to hydrolysis) is 1. The number of carbonyl (C=O) groups excluding carboxylic acids is 2. The van der Waals surface area contributed by atoms with E-state index in [4.69, 9.17) is 4.74 Å². The molecular formula is C19H28N2O3. The molecule has 24 heavy (non-hydrogen) atoms. The molecule has 0 spiro atoms. The van der Waals surface area contributed by atoms with Gasteiger partial charge in [-0.2, -0.15) is 0 Å². The van der Waals surface area contributed by atoms with Crippen LogP contribution in [-0.2, 0) is 16.1 Å². The molecule has 5 heteroatoms. The minimum Gasteiger partial charge on any atom is -0.444 e. The lowest BCUT2D eigenvalue weighted by Gasteiger charge is -2.26. The van der Waals surface area contributed by atoms with Gasteiger partial charge in [-0.25, -0.2) is 4.79 Å². The van der Waals surface area contributed by atoms with Crippen molar-refractivity contribution in [2.24, 2.45) is 0 Å². The second kappa shape index (κ2) is 8.64. The predicted octanol–water partition coefficient (Wildman–Crippen LogP) is 3.16. The Bertz CT molecular complexity index is 576. The summed E-state index contributed by atoms with van der Waals surface area (Å²) in [6, 6.07) is 9.25. The van der Waals surface area contributed by atoms with Gasteiger partial charge in [0.05, 0.1) is 0 Å². The van der Waals surface area contributed by atoms with E-state index in [9.17, 15) is 9.59 Å².